The lowest BCUT2D eigenvalue weighted by molar-refractivity contribution is 0.583. The van der Waals surface area contributed by atoms with Gasteiger partial charge in [-0.2, -0.15) is 0 Å². The van der Waals surface area contributed by atoms with Crippen LogP contribution in [0.15, 0.2) is 42.9 Å². The fourth-order valence-corrected chi connectivity index (χ4v) is 2.14. The molecular weight excluding hydrogens is 248 g/mol. The maximum atomic E-state index is 4.54. The summed E-state index contributed by atoms with van der Waals surface area (Å²) in [6.07, 6.45) is 5.58. The topological polar surface area (TPSA) is 41.0 Å². The monoisotopic (exact) mass is 270 g/mol. The van der Waals surface area contributed by atoms with Crippen LogP contribution in [0, 0.1) is 0 Å². The standard InChI is InChI=1S/C16H22N4/c1-4-18-13(2)16-6-5-15(11-19-16)20(3)12-14-7-9-17-10-8-14/h5-11,13,18H,4,12H2,1-3H3. The maximum absolute atomic E-state index is 4.54. The van der Waals surface area contributed by atoms with Gasteiger partial charge in [-0.05, 0) is 43.3 Å². The Morgan fingerprint density at radius 3 is 2.55 bits per heavy atom. The Morgan fingerprint density at radius 1 is 1.20 bits per heavy atom. The van der Waals surface area contributed by atoms with E-state index in [4.69, 9.17) is 0 Å². The van der Waals surface area contributed by atoms with Crippen LogP contribution in [0.1, 0.15) is 31.1 Å². The molecule has 2 rings (SSSR count). The predicted octanol–water partition coefficient (Wildman–Crippen LogP) is 2.78. The molecule has 0 saturated heterocycles. The molecule has 0 aliphatic rings. The van der Waals surface area contributed by atoms with Crippen LogP contribution in [0.2, 0.25) is 0 Å². The molecule has 0 aliphatic carbocycles. The lowest BCUT2D eigenvalue weighted by Crippen LogP contribution is -2.20. The first kappa shape index (κ1) is 14.5. The molecule has 0 radical (unpaired) electrons. The van der Waals surface area contributed by atoms with Crippen molar-refractivity contribution in [3.05, 3.63) is 54.1 Å². The molecule has 0 amide bonds. The molecule has 0 spiro atoms. The minimum Gasteiger partial charge on any atom is -0.369 e. The highest BCUT2D eigenvalue weighted by Crippen LogP contribution is 2.17. The van der Waals surface area contributed by atoms with E-state index in [1.807, 2.05) is 30.7 Å². The number of rotatable bonds is 6. The Hall–Kier alpha value is -1.94. The third kappa shape index (κ3) is 3.78. The summed E-state index contributed by atoms with van der Waals surface area (Å²) < 4.78 is 0. The van der Waals surface area contributed by atoms with Crippen molar-refractivity contribution in [2.45, 2.75) is 26.4 Å². The molecule has 0 aliphatic heterocycles. The van der Waals surface area contributed by atoms with Crippen molar-refractivity contribution in [1.29, 1.82) is 0 Å². The molecule has 0 bridgehead atoms. The van der Waals surface area contributed by atoms with Crippen LogP contribution < -0.4 is 10.2 Å². The zero-order chi connectivity index (χ0) is 14.4. The van der Waals surface area contributed by atoms with Gasteiger partial charge in [-0.3, -0.25) is 9.97 Å². The maximum Gasteiger partial charge on any atom is 0.0572 e. The van der Waals surface area contributed by atoms with Gasteiger partial charge in [0.25, 0.3) is 0 Å². The lowest BCUT2D eigenvalue weighted by Gasteiger charge is -2.20. The van der Waals surface area contributed by atoms with Crippen LogP contribution in [-0.2, 0) is 6.54 Å². The lowest BCUT2D eigenvalue weighted by atomic mass is 10.2. The zero-order valence-electron chi connectivity index (χ0n) is 12.4. The van der Waals surface area contributed by atoms with Gasteiger partial charge in [-0.15, -0.1) is 0 Å². The minimum atomic E-state index is 0.291. The molecule has 2 heterocycles. The summed E-state index contributed by atoms with van der Waals surface area (Å²) in [4.78, 5) is 10.8. The SMILES string of the molecule is CCNC(C)c1ccc(N(C)Cc2ccncc2)cn1. The summed E-state index contributed by atoms with van der Waals surface area (Å²) in [5.41, 5.74) is 3.44. The highest BCUT2D eigenvalue weighted by Gasteiger charge is 2.07. The van der Waals surface area contributed by atoms with E-state index in [0.717, 1.165) is 24.5 Å². The van der Waals surface area contributed by atoms with Crippen molar-refractivity contribution in [3.63, 3.8) is 0 Å². The Labute approximate surface area is 120 Å². The molecule has 0 fully saturated rings. The quantitative estimate of drug-likeness (QED) is 0.876. The van der Waals surface area contributed by atoms with Gasteiger partial charge < -0.3 is 10.2 Å². The first-order valence-electron chi connectivity index (χ1n) is 7.00. The van der Waals surface area contributed by atoms with Gasteiger partial charge in [0.15, 0.2) is 0 Å². The van der Waals surface area contributed by atoms with E-state index in [-0.39, 0.29) is 0 Å². The van der Waals surface area contributed by atoms with E-state index >= 15 is 0 Å². The second kappa shape index (κ2) is 7.01. The zero-order valence-corrected chi connectivity index (χ0v) is 12.4. The van der Waals surface area contributed by atoms with Gasteiger partial charge in [0.1, 0.15) is 0 Å². The van der Waals surface area contributed by atoms with E-state index in [1.54, 1.807) is 0 Å². The molecule has 2 aromatic heterocycles. The molecule has 4 nitrogen and oxygen atoms in total. The Balaban J connectivity index is 2.02. The summed E-state index contributed by atoms with van der Waals surface area (Å²) in [5, 5.41) is 3.37. The fraction of sp³-hybridized carbons (Fsp3) is 0.375. The van der Waals surface area contributed by atoms with E-state index in [9.17, 15) is 0 Å². The number of aromatic nitrogens is 2. The van der Waals surface area contributed by atoms with Gasteiger partial charge in [-0.1, -0.05) is 6.92 Å². The van der Waals surface area contributed by atoms with Crippen LogP contribution in [0.4, 0.5) is 5.69 Å². The molecule has 1 unspecified atom stereocenters. The third-order valence-corrected chi connectivity index (χ3v) is 3.33. The van der Waals surface area contributed by atoms with E-state index in [2.05, 4.69) is 53.2 Å². The van der Waals surface area contributed by atoms with Gasteiger partial charge in [-0.25, -0.2) is 0 Å². The summed E-state index contributed by atoms with van der Waals surface area (Å²) in [5.74, 6) is 0. The molecule has 0 saturated carbocycles. The Morgan fingerprint density at radius 2 is 1.95 bits per heavy atom. The number of pyridine rings is 2. The summed E-state index contributed by atoms with van der Waals surface area (Å²) >= 11 is 0. The second-order valence-electron chi connectivity index (χ2n) is 4.93. The average Bonchev–Trinajstić information content (AvgIpc) is 2.48. The largest absolute Gasteiger partial charge is 0.369 e. The summed E-state index contributed by atoms with van der Waals surface area (Å²) in [6.45, 7) is 6.04. The Kier molecular flexibility index (Phi) is 5.07. The van der Waals surface area contributed by atoms with E-state index < -0.39 is 0 Å². The van der Waals surface area contributed by atoms with Gasteiger partial charge >= 0.3 is 0 Å². The highest BCUT2D eigenvalue weighted by atomic mass is 15.1. The molecule has 1 N–H and O–H groups in total. The molecule has 4 heteroatoms. The normalized spacial score (nSPS) is 12.2. The first-order chi connectivity index (χ1) is 9.70. The number of nitrogens with zero attached hydrogens (tertiary/aromatic N) is 3. The van der Waals surface area contributed by atoms with Crippen LogP contribution in [0.5, 0.6) is 0 Å². The van der Waals surface area contributed by atoms with Crippen LogP contribution >= 0.6 is 0 Å². The number of anilines is 1. The fourth-order valence-electron chi connectivity index (χ4n) is 2.14. The molecule has 106 valence electrons. The smallest absolute Gasteiger partial charge is 0.0572 e. The van der Waals surface area contributed by atoms with Gasteiger partial charge in [0.2, 0.25) is 0 Å². The van der Waals surface area contributed by atoms with Crippen molar-refractivity contribution in [2.24, 2.45) is 0 Å². The predicted molar refractivity (Wildman–Crippen MR) is 82.7 cm³/mol. The van der Waals surface area contributed by atoms with Gasteiger partial charge in [0.05, 0.1) is 17.6 Å². The molecule has 2 aromatic rings. The van der Waals surface area contributed by atoms with Crippen LogP contribution in [-0.4, -0.2) is 23.6 Å². The van der Waals surface area contributed by atoms with Crippen molar-refractivity contribution in [3.8, 4) is 0 Å². The van der Waals surface area contributed by atoms with Crippen molar-refractivity contribution < 1.29 is 0 Å². The minimum absolute atomic E-state index is 0.291. The number of nitrogens with one attached hydrogen (secondary N) is 1. The van der Waals surface area contributed by atoms with Gasteiger partial charge in [0, 0.05) is 32.0 Å². The number of hydrogen-bond acceptors (Lipinski definition) is 4. The third-order valence-electron chi connectivity index (χ3n) is 3.33. The van der Waals surface area contributed by atoms with Crippen molar-refractivity contribution in [1.82, 2.24) is 15.3 Å². The summed E-state index contributed by atoms with van der Waals surface area (Å²) in [7, 11) is 2.07. The van der Waals surface area contributed by atoms with Crippen molar-refractivity contribution in [2.75, 3.05) is 18.5 Å². The number of hydrogen-bond donors (Lipinski definition) is 1. The molecular formula is C16H22N4. The second-order valence-corrected chi connectivity index (χ2v) is 4.93. The van der Waals surface area contributed by atoms with Crippen LogP contribution in [0.3, 0.4) is 0 Å². The average molecular weight is 270 g/mol. The first-order valence-corrected chi connectivity index (χ1v) is 7.00. The highest BCUT2D eigenvalue weighted by molar-refractivity contribution is 5.44. The molecule has 1 atom stereocenters. The Bertz CT molecular complexity index is 510. The molecule has 0 aromatic carbocycles. The van der Waals surface area contributed by atoms with Crippen LogP contribution in [0.25, 0.3) is 0 Å². The van der Waals surface area contributed by atoms with Crippen molar-refractivity contribution >= 4 is 5.69 Å². The van der Waals surface area contributed by atoms with E-state index in [0.29, 0.717) is 6.04 Å². The summed E-state index contributed by atoms with van der Waals surface area (Å²) in [6, 6.07) is 8.57. The molecule has 20 heavy (non-hydrogen) atoms. The van der Waals surface area contributed by atoms with E-state index in [1.165, 1.54) is 5.56 Å².